The van der Waals surface area contributed by atoms with Gasteiger partial charge in [0.25, 0.3) is 10.0 Å². The summed E-state index contributed by atoms with van der Waals surface area (Å²) in [5, 5.41) is 0.872. The molecule has 6 nitrogen and oxygen atoms in total. The number of hydrogen-bond donors (Lipinski definition) is 0. The van der Waals surface area contributed by atoms with Gasteiger partial charge in [0, 0.05) is 34.2 Å². The minimum Gasteiger partial charge on any atom is -0.348 e. The molecule has 1 aliphatic carbocycles. The zero-order chi connectivity index (χ0) is 20.1. The summed E-state index contributed by atoms with van der Waals surface area (Å²) in [5.74, 6) is 0.00503. The van der Waals surface area contributed by atoms with Gasteiger partial charge in [-0.3, -0.25) is 0 Å². The molecule has 0 atom stereocenters. The highest BCUT2D eigenvalue weighted by Crippen LogP contribution is 2.42. The maximum Gasteiger partial charge on any atom is 0.269 e. The molecule has 0 N–H and O–H groups in total. The monoisotopic (exact) mass is 524 g/mol. The van der Waals surface area contributed by atoms with E-state index < -0.39 is 10.0 Å². The lowest BCUT2D eigenvalue weighted by atomic mass is 9.81. The lowest BCUT2D eigenvalue weighted by Gasteiger charge is -2.35. The van der Waals surface area contributed by atoms with E-state index in [0.29, 0.717) is 24.8 Å². The van der Waals surface area contributed by atoms with Gasteiger partial charge >= 0.3 is 0 Å². The number of halogens is 1. The molecule has 2 aliphatic rings. The molecule has 3 heterocycles. The minimum absolute atomic E-state index is 0.258. The smallest absolute Gasteiger partial charge is 0.269 e. The number of fused-ring (bicyclic) bond motifs is 1. The van der Waals surface area contributed by atoms with Crippen LogP contribution in [-0.2, 0) is 19.5 Å². The van der Waals surface area contributed by atoms with E-state index in [9.17, 15) is 8.42 Å². The topological polar surface area (TPSA) is 70.4 Å². The van der Waals surface area contributed by atoms with Crippen molar-refractivity contribution in [2.45, 2.75) is 42.3 Å². The van der Waals surface area contributed by atoms with Gasteiger partial charge in [0.15, 0.2) is 11.4 Å². The number of aromatic nitrogens is 2. The molecule has 5 rings (SSSR count). The van der Waals surface area contributed by atoms with Crippen molar-refractivity contribution in [3.63, 3.8) is 0 Å². The van der Waals surface area contributed by atoms with Crippen molar-refractivity contribution in [1.82, 2.24) is 8.96 Å². The van der Waals surface area contributed by atoms with Crippen LogP contribution in [0.25, 0.3) is 11.0 Å². The van der Waals surface area contributed by atoms with E-state index >= 15 is 0 Å². The average molecular weight is 524 g/mol. The Morgan fingerprint density at radius 3 is 2.48 bits per heavy atom. The SMILES string of the molecule is O=S(=O)(c1ccccc1)n1cc(I)c2cc(C3CCC4(CC3)OCCO4)cnc21. The fraction of sp³-hybridized carbons (Fsp3) is 0.381. The van der Waals surface area contributed by atoms with Gasteiger partial charge < -0.3 is 9.47 Å². The van der Waals surface area contributed by atoms with Crippen molar-refractivity contribution in [1.29, 1.82) is 0 Å². The highest BCUT2D eigenvalue weighted by Gasteiger charge is 2.40. The maximum atomic E-state index is 13.1. The van der Waals surface area contributed by atoms with Crippen LogP contribution >= 0.6 is 22.6 Å². The van der Waals surface area contributed by atoms with Crippen molar-refractivity contribution in [3.8, 4) is 0 Å². The zero-order valence-electron chi connectivity index (χ0n) is 15.8. The minimum atomic E-state index is -3.68. The van der Waals surface area contributed by atoms with Crippen molar-refractivity contribution in [2.75, 3.05) is 13.2 Å². The van der Waals surface area contributed by atoms with Crippen molar-refractivity contribution < 1.29 is 17.9 Å². The first-order valence-electron chi connectivity index (χ1n) is 9.74. The molecule has 8 heteroatoms. The molecule has 152 valence electrons. The predicted molar refractivity (Wildman–Crippen MR) is 117 cm³/mol. The fourth-order valence-electron chi connectivity index (χ4n) is 4.35. The molecule has 0 unspecified atom stereocenters. The van der Waals surface area contributed by atoms with Crippen LogP contribution in [0.2, 0.25) is 0 Å². The van der Waals surface area contributed by atoms with Crippen molar-refractivity contribution in [2.24, 2.45) is 0 Å². The summed E-state index contributed by atoms with van der Waals surface area (Å²) in [6.07, 6.45) is 7.21. The van der Waals surface area contributed by atoms with Crippen LogP contribution in [0.1, 0.15) is 37.2 Å². The molecule has 1 saturated carbocycles. The average Bonchev–Trinajstić information content (AvgIpc) is 3.34. The largest absolute Gasteiger partial charge is 0.348 e. The Hall–Kier alpha value is -1.49. The summed E-state index contributed by atoms with van der Waals surface area (Å²) in [7, 11) is -3.68. The standard InChI is InChI=1S/C21H21IN2O4S/c22-19-14-24(29(25,26)17-4-2-1-3-5-17)20-18(19)12-16(13-23-20)15-6-8-21(9-7-15)27-10-11-28-21/h1-5,12-15H,6-11H2. The molecule has 2 fully saturated rings. The van der Waals surface area contributed by atoms with Gasteiger partial charge in [0.05, 0.1) is 18.1 Å². The summed E-state index contributed by atoms with van der Waals surface area (Å²) in [6.45, 7) is 1.36. The second-order valence-electron chi connectivity index (χ2n) is 7.61. The zero-order valence-corrected chi connectivity index (χ0v) is 18.7. The number of rotatable bonds is 3. The molecular formula is C21H21IN2O4S. The number of hydrogen-bond acceptors (Lipinski definition) is 5. The van der Waals surface area contributed by atoms with Crippen LogP contribution < -0.4 is 0 Å². The molecule has 1 aliphatic heterocycles. The summed E-state index contributed by atoms with van der Waals surface area (Å²) >= 11 is 2.19. The number of benzene rings is 1. The van der Waals surface area contributed by atoms with Gasteiger partial charge in [-0.25, -0.2) is 17.4 Å². The number of ether oxygens (including phenoxy) is 2. The quantitative estimate of drug-likeness (QED) is 0.479. The van der Waals surface area contributed by atoms with E-state index in [1.54, 1.807) is 36.5 Å². The number of pyridine rings is 1. The highest BCUT2D eigenvalue weighted by atomic mass is 127. The first-order chi connectivity index (χ1) is 14.0. The van der Waals surface area contributed by atoms with Gasteiger partial charge in [0.2, 0.25) is 0 Å². The summed E-state index contributed by atoms with van der Waals surface area (Å²) in [4.78, 5) is 4.83. The predicted octanol–water partition coefficient (Wildman–Crippen LogP) is 4.28. The highest BCUT2D eigenvalue weighted by molar-refractivity contribution is 14.1. The summed E-state index contributed by atoms with van der Waals surface area (Å²) in [5.41, 5.74) is 1.62. The van der Waals surface area contributed by atoms with Crippen LogP contribution in [0.5, 0.6) is 0 Å². The number of nitrogens with zero attached hydrogens (tertiary/aromatic N) is 2. The third kappa shape index (κ3) is 3.39. The van der Waals surface area contributed by atoms with E-state index in [1.165, 1.54) is 3.97 Å². The molecular weight excluding hydrogens is 503 g/mol. The Labute approximate surface area is 183 Å². The molecule has 1 spiro atoms. The van der Waals surface area contributed by atoms with E-state index in [-0.39, 0.29) is 10.7 Å². The van der Waals surface area contributed by atoms with Crippen molar-refractivity contribution in [3.05, 3.63) is 57.9 Å². The molecule has 1 aromatic carbocycles. The summed E-state index contributed by atoms with van der Waals surface area (Å²) < 4.78 is 40.0. The molecule has 2 aromatic heterocycles. The molecule has 3 aromatic rings. The van der Waals surface area contributed by atoms with Crippen LogP contribution in [0.15, 0.2) is 53.7 Å². The Morgan fingerprint density at radius 2 is 1.79 bits per heavy atom. The molecule has 29 heavy (non-hydrogen) atoms. The van der Waals surface area contributed by atoms with Gasteiger partial charge in [0.1, 0.15) is 0 Å². The van der Waals surface area contributed by atoms with Gasteiger partial charge in [-0.15, -0.1) is 0 Å². The first-order valence-corrected chi connectivity index (χ1v) is 12.3. The Balaban J connectivity index is 1.47. The van der Waals surface area contributed by atoms with Crippen molar-refractivity contribution >= 4 is 43.6 Å². The normalized spacial score (nSPS) is 19.9. The van der Waals surface area contributed by atoms with Gasteiger partial charge in [-0.1, -0.05) is 18.2 Å². The molecule has 1 saturated heterocycles. The van der Waals surface area contributed by atoms with Gasteiger partial charge in [-0.05, 0) is 65.1 Å². The molecule has 0 radical (unpaired) electrons. The Kier molecular flexibility index (Phi) is 4.92. The molecule has 0 amide bonds. The lowest BCUT2D eigenvalue weighted by Crippen LogP contribution is -2.34. The van der Waals surface area contributed by atoms with Crippen LogP contribution in [0, 0.1) is 3.57 Å². The van der Waals surface area contributed by atoms with Gasteiger partial charge in [-0.2, -0.15) is 0 Å². The Morgan fingerprint density at radius 1 is 1.10 bits per heavy atom. The van der Waals surface area contributed by atoms with E-state index in [4.69, 9.17) is 9.47 Å². The first kappa shape index (κ1) is 19.5. The third-order valence-corrected chi connectivity index (χ3v) is 8.44. The van der Waals surface area contributed by atoms with Crippen LogP contribution in [0.3, 0.4) is 0 Å². The van der Waals surface area contributed by atoms with E-state index in [1.807, 2.05) is 6.20 Å². The van der Waals surface area contributed by atoms with E-state index in [2.05, 4.69) is 33.6 Å². The van der Waals surface area contributed by atoms with Crippen LogP contribution in [-0.4, -0.2) is 36.4 Å². The molecule has 0 bridgehead atoms. The lowest BCUT2D eigenvalue weighted by molar-refractivity contribution is -0.178. The Bertz CT molecular complexity index is 1140. The van der Waals surface area contributed by atoms with Crippen LogP contribution in [0.4, 0.5) is 0 Å². The second-order valence-corrected chi connectivity index (χ2v) is 10.6. The second kappa shape index (κ2) is 7.33. The third-order valence-electron chi connectivity index (χ3n) is 5.92. The van der Waals surface area contributed by atoms with E-state index in [0.717, 1.165) is 40.2 Å². The fourth-order valence-corrected chi connectivity index (χ4v) is 6.56. The summed E-state index contributed by atoms with van der Waals surface area (Å²) in [6, 6.07) is 10.6. The maximum absolute atomic E-state index is 13.1.